The Labute approximate surface area is 139 Å². The van der Waals surface area contributed by atoms with Gasteiger partial charge in [0.1, 0.15) is 0 Å². The highest BCUT2D eigenvalue weighted by atomic mass is 16.2. The first-order valence-corrected chi connectivity index (χ1v) is 8.52. The zero-order chi connectivity index (χ0) is 17.1. The molecule has 0 atom stereocenters. The third kappa shape index (κ3) is 6.40. The Hall–Kier alpha value is -1.88. The molecule has 0 heterocycles. The zero-order valence-electron chi connectivity index (χ0n) is 14.5. The van der Waals surface area contributed by atoms with E-state index in [1.807, 2.05) is 11.8 Å². The van der Waals surface area contributed by atoms with Crippen LogP contribution >= 0.6 is 0 Å². The van der Waals surface area contributed by atoms with E-state index in [0.717, 1.165) is 32.5 Å². The summed E-state index contributed by atoms with van der Waals surface area (Å²) in [5.41, 5.74) is 1.21. The Morgan fingerprint density at radius 1 is 0.913 bits per heavy atom. The minimum Gasteiger partial charge on any atom is -0.351 e. The predicted molar refractivity (Wildman–Crippen MR) is 93.8 cm³/mol. The molecule has 0 aliphatic rings. The van der Waals surface area contributed by atoms with Crippen molar-refractivity contribution in [3.63, 3.8) is 0 Å². The van der Waals surface area contributed by atoms with E-state index in [9.17, 15) is 9.59 Å². The molecule has 5 nitrogen and oxygen atoms in total. The van der Waals surface area contributed by atoms with E-state index in [0.29, 0.717) is 24.2 Å². The summed E-state index contributed by atoms with van der Waals surface area (Å²) >= 11 is 0. The smallest absolute Gasteiger partial charge is 0.253 e. The van der Waals surface area contributed by atoms with Crippen LogP contribution in [0.4, 0.5) is 0 Å². The van der Waals surface area contributed by atoms with E-state index in [2.05, 4.69) is 24.5 Å². The number of carbonyl (C=O) groups excluding carboxylic acids is 2. The van der Waals surface area contributed by atoms with Crippen LogP contribution in [-0.4, -0.2) is 49.4 Å². The van der Waals surface area contributed by atoms with Crippen molar-refractivity contribution in [2.75, 3.05) is 32.7 Å². The molecular formula is C18H29N3O2. The monoisotopic (exact) mass is 319 g/mol. The molecule has 0 spiro atoms. The minimum atomic E-state index is -0.108. The Bertz CT molecular complexity index is 486. The summed E-state index contributed by atoms with van der Waals surface area (Å²) in [4.78, 5) is 26.2. The maximum Gasteiger partial charge on any atom is 0.253 e. The van der Waals surface area contributed by atoms with Crippen LogP contribution in [0, 0.1) is 0 Å². The lowest BCUT2D eigenvalue weighted by molar-refractivity contribution is 0.0763. The summed E-state index contributed by atoms with van der Waals surface area (Å²) in [6, 6.07) is 6.87. The van der Waals surface area contributed by atoms with Gasteiger partial charge >= 0.3 is 0 Å². The SMILES string of the molecule is CCCNCCNC(=O)c1ccc(C(=O)N(CC)CCC)cc1. The van der Waals surface area contributed by atoms with Crippen molar-refractivity contribution < 1.29 is 9.59 Å². The van der Waals surface area contributed by atoms with Gasteiger partial charge in [-0.05, 0) is 50.6 Å². The number of carbonyl (C=O) groups is 2. The van der Waals surface area contributed by atoms with Gasteiger partial charge < -0.3 is 15.5 Å². The molecule has 0 fully saturated rings. The van der Waals surface area contributed by atoms with Crippen molar-refractivity contribution in [3.05, 3.63) is 35.4 Å². The van der Waals surface area contributed by atoms with Crippen molar-refractivity contribution in [2.45, 2.75) is 33.6 Å². The van der Waals surface area contributed by atoms with Crippen LogP contribution in [0.1, 0.15) is 54.3 Å². The Morgan fingerprint density at radius 2 is 1.57 bits per heavy atom. The highest BCUT2D eigenvalue weighted by Crippen LogP contribution is 2.08. The van der Waals surface area contributed by atoms with Crippen molar-refractivity contribution >= 4 is 11.8 Å². The Balaban J connectivity index is 2.55. The molecule has 1 rings (SSSR count). The van der Waals surface area contributed by atoms with Crippen molar-refractivity contribution in [1.29, 1.82) is 0 Å². The number of nitrogens with zero attached hydrogens (tertiary/aromatic N) is 1. The minimum absolute atomic E-state index is 0.0186. The van der Waals surface area contributed by atoms with Gasteiger partial charge in [0.05, 0.1) is 0 Å². The zero-order valence-corrected chi connectivity index (χ0v) is 14.5. The van der Waals surface area contributed by atoms with E-state index in [-0.39, 0.29) is 11.8 Å². The summed E-state index contributed by atoms with van der Waals surface area (Å²) in [7, 11) is 0. The first-order chi connectivity index (χ1) is 11.1. The fourth-order valence-corrected chi connectivity index (χ4v) is 2.29. The van der Waals surface area contributed by atoms with Crippen LogP contribution < -0.4 is 10.6 Å². The number of hydrogen-bond acceptors (Lipinski definition) is 3. The molecule has 0 aliphatic carbocycles. The fraction of sp³-hybridized carbons (Fsp3) is 0.556. The van der Waals surface area contributed by atoms with Crippen LogP contribution in [-0.2, 0) is 0 Å². The summed E-state index contributed by atoms with van der Waals surface area (Å²) in [6.45, 7) is 9.90. The highest BCUT2D eigenvalue weighted by Gasteiger charge is 2.14. The van der Waals surface area contributed by atoms with E-state index in [1.54, 1.807) is 24.3 Å². The van der Waals surface area contributed by atoms with Crippen LogP contribution in [0.25, 0.3) is 0 Å². The van der Waals surface area contributed by atoms with E-state index >= 15 is 0 Å². The van der Waals surface area contributed by atoms with Gasteiger partial charge in [-0.25, -0.2) is 0 Å². The molecule has 2 amide bonds. The standard InChI is InChI=1S/C18H29N3O2/c1-4-11-19-12-13-20-17(22)15-7-9-16(10-8-15)18(23)21(6-3)14-5-2/h7-10,19H,4-6,11-14H2,1-3H3,(H,20,22). The molecule has 0 unspecified atom stereocenters. The summed E-state index contributed by atoms with van der Waals surface area (Å²) < 4.78 is 0. The second-order valence-electron chi connectivity index (χ2n) is 5.47. The number of benzene rings is 1. The molecule has 2 N–H and O–H groups in total. The first-order valence-electron chi connectivity index (χ1n) is 8.52. The fourth-order valence-electron chi connectivity index (χ4n) is 2.29. The largest absolute Gasteiger partial charge is 0.351 e. The number of hydrogen-bond donors (Lipinski definition) is 2. The summed E-state index contributed by atoms with van der Waals surface area (Å²) in [5, 5.41) is 6.10. The lowest BCUT2D eigenvalue weighted by Gasteiger charge is -2.20. The van der Waals surface area contributed by atoms with Crippen molar-refractivity contribution in [2.24, 2.45) is 0 Å². The third-order valence-corrected chi connectivity index (χ3v) is 3.57. The van der Waals surface area contributed by atoms with Gasteiger partial charge in [0.25, 0.3) is 11.8 Å². The maximum absolute atomic E-state index is 12.3. The molecule has 1 aromatic carbocycles. The Kier molecular flexibility index (Phi) is 8.98. The predicted octanol–water partition coefficient (Wildman–Crippen LogP) is 2.29. The van der Waals surface area contributed by atoms with Crippen LogP contribution in [0.5, 0.6) is 0 Å². The molecule has 0 saturated heterocycles. The molecule has 0 aromatic heterocycles. The summed E-state index contributed by atoms with van der Waals surface area (Å²) in [6.07, 6.45) is 2.02. The van der Waals surface area contributed by atoms with Gasteiger partial charge in [-0.2, -0.15) is 0 Å². The average molecular weight is 319 g/mol. The lowest BCUT2D eigenvalue weighted by Crippen LogP contribution is -2.32. The molecule has 0 saturated carbocycles. The highest BCUT2D eigenvalue weighted by molar-refractivity contribution is 5.97. The number of rotatable bonds is 10. The van der Waals surface area contributed by atoms with Crippen LogP contribution in [0.15, 0.2) is 24.3 Å². The van der Waals surface area contributed by atoms with Gasteiger partial charge in [-0.3, -0.25) is 9.59 Å². The Morgan fingerprint density at radius 3 is 2.13 bits per heavy atom. The van der Waals surface area contributed by atoms with Crippen molar-refractivity contribution in [1.82, 2.24) is 15.5 Å². The van der Waals surface area contributed by atoms with Gasteiger partial charge in [-0.15, -0.1) is 0 Å². The lowest BCUT2D eigenvalue weighted by atomic mass is 10.1. The molecule has 0 bridgehead atoms. The summed E-state index contributed by atoms with van der Waals surface area (Å²) in [5.74, 6) is -0.0896. The topological polar surface area (TPSA) is 61.4 Å². The molecule has 5 heteroatoms. The quantitative estimate of drug-likeness (QED) is 0.651. The number of amides is 2. The molecular weight excluding hydrogens is 290 g/mol. The van der Waals surface area contributed by atoms with Crippen LogP contribution in [0.2, 0.25) is 0 Å². The van der Waals surface area contributed by atoms with E-state index < -0.39 is 0 Å². The van der Waals surface area contributed by atoms with Crippen molar-refractivity contribution in [3.8, 4) is 0 Å². The molecule has 23 heavy (non-hydrogen) atoms. The van der Waals surface area contributed by atoms with E-state index in [4.69, 9.17) is 0 Å². The second kappa shape index (κ2) is 10.8. The van der Waals surface area contributed by atoms with Crippen LogP contribution in [0.3, 0.4) is 0 Å². The average Bonchev–Trinajstić information content (AvgIpc) is 2.59. The first kappa shape index (κ1) is 19.2. The normalized spacial score (nSPS) is 10.4. The molecule has 0 radical (unpaired) electrons. The van der Waals surface area contributed by atoms with E-state index in [1.165, 1.54) is 0 Å². The van der Waals surface area contributed by atoms with Gasteiger partial charge in [0, 0.05) is 37.3 Å². The number of nitrogens with one attached hydrogen (secondary N) is 2. The third-order valence-electron chi connectivity index (χ3n) is 3.57. The molecule has 1 aromatic rings. The molecule has 0 aliphatic heterocycles. The maximum atomic E-state index is 12.3. The van der Waals surface area contributed by atoms with Gasteiger partial charge in [0.15, 0.2) is 0 Å². The van der Waals surface area contributed by atoms with Gasteiger partial charge in [-0.1, -0.05) is 13.8 Å². The van der Waals surface area contributed by atoms with Gasteiger partial charge in [0.2, 0.25) is 0 Å². The molecule has 128 valence electrons. The second-order valence-corrected chi connectivity index (χ2v) is 5.47.